The van der Waals surface area contributed by atoms with Crippen molar-refractivity contribution >= 4 is 17.8 Å². The zero-order chi connectivity index (χ0) is 17.7. The van der Waals surface area contributed by atoms with Gasteiger partial charge < -0.3 is 15.0 Å². The van der Waals surface area contributed by atoms with Gasteiger partial charge in [-0.05, 0) is 38.8 Å². The highest BCUT2D eigenvalue weighted by molar-refractivity contribution is 5.96. The molecule has 2 amide bonds. The molecule has 1 aromatic rings. The lowest BCUT2D eigenvalue weighted by atomic mass is 9.97. The van der Waals surface area contributed by atoms with Crippen LogP contribution in [0.2, 0.25) is 0 Å². The Balaban J connectivity index is 1.83. The number of aryl methyl sites for hydroxylation is 2. The van der Waals surface area contributed by atoms with Crippen LogP contribution in [0.1, 0.15) is 34.3 Å². The molecule has 1 N–H and O–H groups in total. The van der Waals surface area contributed by atoms with Crippen molar-refractivity contribution < 1.29 is 19.1 Å². The maximum Gasteiger partial charge on any atom is 0.308 e. The van der Waals surface area contributed by atoms with E-state index >= 15 is 0 Å². The lowest BCUT2D eigenvalue weighted by molar-refractivity contribution is -0.148. The van der Waals surface area contributed by atoms with Gasteiger partial charge in [-0.25, -0.2) is 0 Å². The average Bonchev–Trinajstić information content (AvgIpc) is 2.57. The molecular weight excluding hydrogens is 308 g/mol. The van der Waals surface area contributed by atoms with Crippen LogP contribution >= 0.6 is 0 Å². The molecule has 0 saturated carbocycles. The number of amides is 2. The second-order valence-electron chi connectivity index (χ2n) is 6.24. The fourth-order valence-corrected chi connectivity index (χ4v) is 3.01. The SMILES string of the molecule is COC(=O)C1CCN(C(=O)CNC(=O)c2cc(C)cc(C)c2)CC1. The lowest BCUT2D eigenvalue weighted by Gasteiger charge is -2.30. The number of carbonyl (C=O) groups is 3. The average molecular weight is 332 g/mol. The number of piperidine rings is 1. The van der Waals surface area contributed by atoms with Crippen LogP contribution in [0.4, 0.5) is 0 Å². The molecule has 1 aliphatic rings. The third kappa shape index (κ3) is 4.57. The van der Waals surface area contributed by atoms with Crippen molar-refractivity contribution in [2.24, 2.45) is 5.92 Å². The highest BCUT2D eigenvalue weighted by atomic mass is 16.5. The van der Waals surface area contributed by atoms with Gasteiger partial charge in [0, 0.05) is 18.7 Å². The molecule has 1 aromatic carbocycles. The van der Waals surface area contributed by atoms with E-state index < -0.39 is 0 Å². The first-order chi connectivity index (χ1) is 11.4. The summed E-state index contributed by atoms with van der Waals surface area (Å²) < 4.78 is 4.73. The quantitative estimate of drug-likeness (QED) is 0.847. The van der Waals surface area contributed by atoms with E-state index in [4.69, 9.17) is 4.74 Å². The van der Waals surface area contributed by atoms with E-state index in [1.54, 1.807) is 17.0 Å². The van der Waals surface area contributed by atoms with Gasteiger partial charge >= 0.3 is 5.97 Å². The Labute approximate surface area is 142 Å². The topological polar surface area (TPSA) is 75.7 Å². The van der Waals surface area contributed by atoms with Crippen LogP contribution < -0.4 is 5.32 Å². The Bertz CT molecular complexity index is 614. The van der Waals surface area contributed by atoms with Crippen molar-refractivity contribution in [3.05, 3.63) is 34.9 Å². The van der Waals surface area contributed by atoms with E-state index in [1.807, 2.05) is 19.9 Å². The maximum atomic E-state index is 12.2. The first kappa shape index (κ1) is 18.0. The van der Waals surface area contributed by atoms with Crippen LogP contribution in [-0.2, 0) is 14.3 Å². The molecule has 2 rings (SSSR count). The van der Waals surface area contributed by atoms with Crippen molar-refractivity contribution in [1.29, 1.82) is 0 Å². The number of hydrogen-bond donors (Lipinski definition) is 1. The van der Waals surface area contributed by atoms with E-state index in [1.165, 1.54) is 7.11 Å². The van der Waals surface area contributed by atoms with Gasteiger partial charge in [-0.15, -0.1) is 0 Å². The van der Waals surface area contributed by atoms with Crippen molar-refractivity contribution in [3.63, 3.8) is 0 Å². The summed E-state index contributed by atoms with van der Waals surface area (Å²) in [4.78, 5) is 37.6. The van der Waals surface area contributed by atoms with E-state index in [9.17, 15) is 14.4 Å². The molecule has 0 aromatic heterocycles. The summed E-state index contributed by atoms with van der Waals surface area (Å²) >= 11 is 0. The number of likely N-dealkylation sites (tertiary alicyclic amines) is 1. The Kier molecular flexibility index (Phi) is 5.95. The Morgan fingerprint density at radius 3 is 2.25 bits per heavy atom. The minimum absolute atomic E-state index is 0.0330. The van der Waals surface area contributed by atoms with Crippen LogP contribution in [0, 0.1) is 19.8 Å². The Morgan fingerprint density at radius 2 is 1.71 bits per heavy atom. The predicted octanol–water partition coefficient (Wildman–Crippen LogP) is 1.44. The predicted molar refractivity (Wildman–Crippen MR) is 89.6 cm³/mol. The molecule has 0 unspecified atom stereocenters. The van der Waals surface area contributed by atoms with Gasteiger partial charge in [0.1, 0.15) is 0 Å². The number of carbonyl (C=O) groups excluding carboxylic acids is 3. The minimum Gasteiger partial charge on any atom is -0.469 e. The van der Waals surface area contributed by atoms with Crippen LogP contribution in [0.15, 0.2) is 18.2 Å². The summed E-state index contributed by atoms with van der Waals surface area (Å²) in [5.41, 5.74) is 2.58. The normalized spacial score (nSPS) is 15.0. The second kappa shape index (κ2) is 7.95. The maximum absolute atomic E-state index is 12.2. The number of ether oxygens (including phenoxy) is 1. The van der Waals surface area contributed by atoms with Crippen molar-refractivity contribution in [1.82, 2.24) is 10.2 Å². The number of esters is 1. The molecule has 0 aliphatic carbocycles. The molecule has 1 saturated heterocycles. The van der Waals surface area contributed by atoms with Crippen LogP contribution in [0.5, 0.6) is 0 Å². The zero-order valence-electron chi connectivity index (χ0n) is 14.4. The van der Waals surface area contributed by atoms with E-state index in [0.717, 1.165) is 11.1 Å². The number of nitrogens with zero attached hydrogens (tertiary/aromatic N) is 1. The summed E-state index contributed by atoms with van der Waals surface area (Å²) in [5, 5.41) is 2.67. The highest BCUT2D eigenvalue weighted by Crippen LogP contribution is 2.18. The minimum atomic E-state index is -0.250. The molecule has 0 spiro atoms. The first-order valence-corrected chi connectivity index (χ1v) is 8.13. The van der Waals surface area contributed by atoms with Crippen molar-refractivity contribution in [2.45, 2.75) is 26.7 Å². The number of nitrogens with one attached hydrogen (secondary N) is 1. The van der Waals surface area contributed by atoms with Crippen LogP contribution in [0.25, 0.3) is 0 Å². The first-order valence-electron chi connectivity index (χ1n) is 8.13. The van der Waals surface area contributed by atoms with E-state index in [2.05, 4.69) is 5.32 Å². The van der Waals surface area contributed by atoms with Crippen LogP contribution in [0.3, 0.4) is 0 Å². The molecule has 24 heavy (non-hydrogen) atoms. The van der Waals surface area contributed by atoms with Gasteiger partial charge in [0.25, 0.3) is 5.91 Å². The molecule has 1 heterocycles. The summed E-state index contributed by atoms with van der Waals surface area (Å²) in [6.07, 6.45) is 1.20. The summed E-state index contributed by atoms with van der Waals surface area (Å²) in [6.45, 7) is 4.85. The third-order valence-electron chi connectivity index (χ3n) is 4.27. The molecule has 1 aliphatic heterocycles. The molecular formula is C18H24N2O4. The van der Waals surface area contributed by atoms with Crippen LogP contribution in [-0.4, -0.2) is 49.4 Å². The third-order valence-corrected chi connectivity index (χ3v) is 4.27. The van der Waals surface area contributed by atoms with E-state index in [0.29, 0.717) is 31.5 Å². The highest BCUT2D eigenvalue weighted by Gasteiger charge is 2.27. The fourth-order valence-electron chi connectivity index (χ4n) is 3.01. The summed E-state index contributed by atoms with van der Waals surface area (Å²) in [6, 6.07) is 5.59. The Morgan fingerprint density at radius 1 is 1.12 bits per heavy atom. The van der Waals surface area contributed by atoms with Crippen molar-refractivity contribution in [3.8, 4) is 0 Å². The largest absolute Gasteiger partial charge is 0.469 e. The van der Waals surface area contributed by atoms with Crippen molar-refractivity contribution in [2.75, 3.05) is 26.7 Å². The van der Waals surface area contributed by atoms with Gasteiger partial charge in [0.2, 0.25) is 5.91 Å². The van der Waals surface area contributed by atoms with Gasteiger partial charge in [0.15, 0.2) is 0 Å². The Hall–Kier alpha value is -2.37. The molecule has 0 bridgehead atoms. The summed E-state index contributed by atoms with van der Waals surface area (Å²) in [5.74, 6) is -0.732. The van der Waals surface area contributed by atoms with Gasteiger partial charge in [-0.3, -0.25) is 14.4 Å². The molecule has 0 radical (unpaired) electrons. The zero-order valence-corrected chi connectivity index (χ0v) is 14.4. The summed E-state index contributed by atoms with van der Waals surface area (Å²) in [7, 11) is 1.38. The monoisotopic (exact) mass is 332 g/mol. The van der Waals surface area contributed by atoms with Gasteiger partial charge in [-0.2, -0.15) is 0 Å². The number of rotatable bonds is 4. The molecule has 6 nitrogen and oxygen atoms in total. The fraction of sp³-hybridized carbons (Fsp3) is 0.500. The number of benzene rings is 1. The van der Waals surface area contributed by atoms with Gasteiger partial charge in [-0.1, -0.05) is 17.2 Å². The molecule has 6 heteroatoms. The smallest absolute Gasteiger partial charge is 0.308 e. The molecule has 0 atom stereocenters. The molecule has 1 fully saturated rings. The van der Waals surface area contributed by atoms with Gasteiger partial charge in [0.05, 0.1) is 19.6 Å². The van der Waals surface area contributed by atoms with E-state index in [-0.39, 0.29) is 30.2 Å². The standard InChI is InChI=1S/C18H24N2O4/c1-12-8-13(2)10-15(9-12)17(22)19-11-16(21)20-6-4-14(5-7-20)18(23)24-3/h8-10,14H,4-7,11H2,1-3H3,(H,19,22). The lowest BCUT2D eigenvalue weighted by Crippen LogP contribution is -2.45. The molecule has 130 valence electrons. The number of hydrogen-bond acceptors (Lipinski definition) is 4. The second-order valence-corrected chi connectivity index (χ2v) is 6.24. The number of methoxy groups -OCH3 is 1.